The Balaban J connectivity index is 1.71. The highest BCUT2D eigenvalue weighted by molar-refractivity contribution is 5.95. The maximum Gasteiger partial charge on any atom is 0.269 e. The molecule has 1 heterocycles. The number of amides is 1. The van der Waals surface area contributed by atoms with E-state index in [1.165, 1.54) is 28.6 Å². The SMILES string of the molecule is CCN(CC)CCN(C(=O)c1ccc([N+](=O)[O-])cc1)[C@H]1CCCc2c1[nH]c1ccc(C)cc21. The minimum Gasteiger partial charge on any atom is -0.356 e. The molecule has 0 unspecified atom stereocenters. The van der Waals surface area contributed by atoms with Crippen LogP contribution in [0.5, 0.6) is 0 Å². The van der Waals surface area contributed by atoms with Crippen molar-refractivity contribution in [1.29, 1.82) is 0 Å². The molecule has 7 heteroatoms. The van der Waals surface area contributed by atoms with Gasteiger partial charge in [0, 0.05) is 47.4 Å². The maximum absolute atomic E-state index is 13.7. The zero-order valence-corrected chi connectivity index (χ0v) is 19.6. The first-order chi connectivity index (χ1) is 15.9. The van der Waals surface area contributed by atoms with E-state index >= 15 is 0 Å². The lowest BCUT2D eigenvalue weighted by molar-refractivity contribution is -0.384. The van der Waals surface area contributed by atoms with Crippen LogP contribution in [0.2, 0.25) is 0 Å². The highest BCUT2D eigenvalue weighted by atomic mass is 16.6. The number of benzene rings is 2. The number of nitrogens with zero attached hydrogens (tertiary/aromatic N) is 3. The number of hydrogen-bond donors (Lipinski definition) is 1. The molecule has 2 aromatic carbocycles. The number of nitro groups is 1. The van der Waals surface area contributed by atoms with Crippen molar-refractivity contribution >= 4 is 22.5 Å². The highest BCUT2D eigenvalue weighted by Crippen LogP contribution is 2.39. The van der Waals surface area contributed by atoms with Crippen LogP contribution in [-0.2, 0) is 6.42 Å². The van der Waals surface area contributed by atoms with Crippen LogP contribution in [0.1, 0.15) is 59.9 Å². The van der Waals surface area contributed by atoms with E-state index in [0.29, 0.717) is 12.1 Å². The Kier molecular flexibility index (Phi) is 6.79. The van der Waals surface area contributed by atoms with Crippen LogP contribution in [0.4, 0.5) is 5.69 Å². The van der Waals surface area contributed by atoms with Crippen molar-refractivity contribution in [2.75, 3.05) is 26.2 Å². The van der Waals surface area contributed by atoms with Crippen LogP contribution in [0, 0.1) is 17.0 Å². The van der Waals surface area contributed by atoms with E-state index in [1.54, 1.807) is 12.1 Å². The third kappa shape index (κ3) is 4.64. The van der Waals surface area contributed by atoms with Crippen LogP contribution in [0.15, 0.2) is 42.5 Å². The zero-order chi connectivity index (χ0) is 23.5. The van der Waals surface area contributed by atoms with E-state index in [1.807, 2.05) is 4.90 Å². The number of nitrogens with one attached hydrogen (secondary N) is 1. The van der Waals surface area contributed by atoms with E-state index in [9.17, 15) is 14.9 Å². The molecule has 1 N–H and O–H groups in total. The Labute approximate surface area is 194 Å². The summed E-state index contributed by atoms with van der Waals surface area (Å²) in [6, 6.07) is 12.4. The molecule has 174 valence electrons. The summed E-state index contributed by atoms with van der Waals surface area (Å²) in [7, 11) is 0. The van der Waals surface area contributed by atoms with E-state index in [0.717, 1.165) is 50.1 Å². The number of nitro benzene ring substituents is 1. The van der Waals surface area contributed by atoms with Crippen molar-refractivity contribution in [3.8, 4) is 0 Å². The summed E-state index contributed by atoms with van der Waals surface area (Å²) in [6.45, 7) is 9.62. The van der Waals surface area contributed by atoms with Gasteiger partial charge in [0.2, 0.25) is 0 Å². The van der Waals surface area contributed by atoms with Crippen LogP contribution < -0.4 is 0 Å². The average molecular weight is 449 g/mol. The summed E-state index contributed by atoms with van der Waals surface area (Å²) in [6.07, 6.45) is 2.93. The number of H-pyrrole nitrogens is 1. The molecule has 0 aliphatic heterocycles. The summed E-state index contributed by atoms with van der Waals surface area (Å²) >= 11 is 0. The molecule has 1 aromatic heterocycles. The van der Waals surface area contributed by atoms with Crippen LogP contribution >= 0.6 is 0 Å². The molecule has 3 aromatic rings. The quantitative estimate of drug-likeness (QED) is 0.377. The third-order valence-electron chi connectivity index (χ3n) is 6.85. The van der Waals surface area contributed by atoms with Crippen LogP contribution in [0.25, 0.3) is 10.9 Å². The summed E-state index contributed by atoms with van der Waals surface area (Å²) in [5.74, 6) is -0.0789. The summed E-state index contributed by atoms with van der Waals surface area (Å²) in [4.78, 5) is 32.2. The molecule has 1 atom stereocenters. The molecule has 7 nitrogen and oxygen atoms in total. The Morgan fingerprint density at radius 1 is 1.12 bits per heavy atom. The normalized spacial score (nSPS) is 15.6. The van der Waals surface area contributed by atoms with E-state index in [-0.39, 0.29) is 17.6 Å². The van der Waals surface area contributed by atoms with E-state index < -0.39 is 4.92 Å². The lowest BCUT2D eigenvalue weighted by atomic mass is 9.90. The van der Waals surface area contributed by atoms with Gasteiger partial charge in [-0.1, -0.05) is 25.5 Å². The van der Waals surface area contributed by atoms with Gasteiger partial charge >= 0.3 is 0 Å². The summed E-state index contributed by atoms with van der Waals surface area (Å²) in [5.41, 5.74) is 5.27. The van der Waals surface area contributed by atoms with Gasteiger partial charge in [-0.2, -0.15) is 0 Å². The first kappa shape index (κ1) is 23.0. The van der Waals surface area contributed by atoms with Gasteiger partial charge in [0.25, 0.3) is 11.6 Å². The molecular weight excluding hydrogens is 416 g/mol. The predicted molar refractivity (Wildman–Crippen MR) is 131 cm³/mol. The molecule has 4 rings (SSSR count). The molecule has 1 aliphatic carbocycles. The number of hydrogen-bond acceptors (Lipinski definition) is 4. The Morgan fingerprint density at radius 3 is 2.52 bits per heavy atom. The average Bonchev–Trinajstić information content (AvgIpc) is 3.20. The number of aryl methyl sites for hydroxylation is 2. The minimum absolute atomic E-state index is 0.00724. The maximum atomic E-state index is 13.7. The van der Waals surface area contributed by atoms with Crippen molar-refractivity contribution in [3.05, 3.63) is 75.0 Å². The number of aromatic amines is 1. The summed E-state index contributed by atoms with van der Waals surface area (Å²) in [5, 5.41) is 12.3. The Morgan fingerprint density at radius 2 is 1.85 bits per heavy atom. The van der Waals surface area contributed by atoms with Crippen molar-refractivity contribution in [3.63, 3.8) is 0 Å². The topological polar surface area (TPSA) is 82.5 Å². The van der Waals surface area contributed by atoms with Crippen molar-refractivity contribution in [2.24, 2.45) is 0 Å². The molecule has 33 heavy (non-hydrogen) atoms. The van der Waals surface area contributed by atoms with Gasteiger partial charge < -0.3 is 14.8 Å². The lowest BCUT2D eigenvalue weighted by Crippen LogP contribution is -2.42. The van der Waals surface area contributed by atoms with Gasteiger partial charge in [-0.3, -0.25) is 14.9 Å². The first-order valence-electron chi connectivity index (χ1n) is 11.8. The molecule has 0 saturated heterocycles. The Hall–Kier alpha value is -3.19. The number of non-ortho nitro benzene ring substituents is 1. The fourth-order valence-electron chi connectivity index (χ4n) is 4.94. The van der Waals surface area contributed by atoms with Crippen molar-refractivity contribution < 1.29 is 9.72 Å². The predicted octanol–water partition coefficient (Wildman–Crippen LogP) is 5.25. The second-order valence-corrected chi connectivity index (χ2v) is 8.80. The second kappa shape index (κ2) is 9.75. The third-order valence-corrected chi connectivity index (χ3v) is 6.85. The number of carbonyl (C=O) groups excluding carboxylic acids is 1. The second-order valence-electron chi connectivity index (χ2n) is 8.80. The molecule has 1 amide bonds. The lowest BCUT2D eigenvalue weighted by Gasteiger charge is -2.36. The molecule has 1 aliphatic rings. The largest absolute Gasteiger partial charge is 0.356 e. The molecule has 0 spiro atoms. The van der Waals surface area contributed by atoms with Gasteiger partial charge in [0.05, 0.1) is 11.0 Å². The molecule has 0 radical (unpaired) electrons. The number of fused-ring (bicyclic) bond motifs is 3. The molecule has 0 saturated carbocycles. The van der Waals surface area contributed by atoms with E-state index in [4.69, 9.17) is 0 Å². The van der Waals surface area contributed by atoms with Gasteiger partial charge in [-0.05, 0) is 69.1 Å². The number of aromatic nitrogens is 1. The van der Waals surface area contributed by atoms with Crippen molar-refractivity contribution in [1.82, 2.24) is 14.8 Å². The van der Waals surface area contributed by atoms with Crippen LogP contribution in [-0.4, -0.2) is 51.8 Å². The molecular formula is C26H32N4O3. The fourth-order valence-corrected chi connectivity index (χ4v) is 4.94. The van der Waals surface area contributed by atoms with Gasteiger partial charge in [0.1, 0.15) is 0 Å². The number of carbonyl (C=O) groups is 1. The number of likely N-dealkylation sites (N-methyl/N-ethyl adjacent to an activating group) is 1. The fraction of sp³-hybridized carbons (Fsp3) is 0.423. The smallest absolute Gasteiger partial charge is 0.269 e. The van der Waals surface area contributed by atoms with Crippen LogP contribution in [0.3, 0.4) is 0 Å². The number of rotatable bonds is 8. The highest BCUT2D eigenvalue weighted by Gasteiger charge is 2.32. The van der Waals surface area contributed by atoms with Crippen molar-refractivity contribution in [2.45, 2.75) is 46.1 Å². The van der Waals surface area contributed by atoms with E-state index in [2.05, 4.69) is 48.9 Å². The van der Waals surface area contributed by atoms with Gasteiger partial charge in [-0.15, -0.1) is 0 Å². The monoisotopic (exact) mass is 448 g/mol. The zero-order valence-electron chi connectivity index (χ0n) is 19.6. The molecule has 0 bridgehead atoms. The van der Waals surface area contributed by atoms with Gasteiger partial charge in [-0.25, -0.2) is 0 Å². The van der Waals surface area contributed by atoms with Gasteiger partial charge in [0.15, 0.2) is 0 Å². The molecule has 0 fully saturated rings. The minimum atomic E-state index is -0.438. The summed E-state index contributed by atoms with van der Waals surface area (Å²) < 4.78 is 0. The Bertz CT molecular complexity index is 1150. The first-order valence-corrected chi connectivity index (χ1v) is 11.8. The standard InChI is InChI=1S/C26H32N4O3/c1-4-28(5-2)15-16-29(26(31)19-10-12-20(13-11-19)30(32)33)24-8-6-7-21-22-17-18(3)9-14-23(22)27-25(21)24/h9-14,17,24,27H,4-8,15-16H2,1-3H3/t24-/m0/s1.